The van der Waals surface area contributed by atoms with E-state index in [4.69, 9.17) is 5.73 Å². The summed E-state index contributed by atoms with van der Waals surface area (Å²) in [6.45, 7) is 0. The summed E-state index contributed by atoms with van der Waals surface area (Å²) in [5.41, 5.74) is 5.52. The molecular weight excluding hydrogens is 197 g/mol. The molecule has 0 saturated carbocycles. The van der Waals surface area contributed by atoms with Crippen LogP contribution in [-0.4, -0.2) is 9.55 Å². The highest BCUT2D eigenvalue weighted by Gasteiger charge is 1.99. The fraction of sp³-hybridized carbons (Fsp3) is 0. The van der Waals surface area contributed by atoms with Crippen molar-refractivity contribution in [1.82, 2.24) is 9.55 Å². The van der Waals surface area contributed by atoms with Crippen LogP contribution in [0.25, 0.3) is 5.69 Å². The topological polar surface area (TPSA) is 60.9 Å². The number of hydrogen-bond acceptors (Lipinski definition) is 3. The van der Waals surface area contributed by atoms with Crippen LogP contribution in [0.3, 0.4) is 0 Å². The van der Waals surface area contributed by atoms with Gasteiger partial charge in [-0.05, 0) is 18.2 Å². The molecule has 0 aliphatic heterocycles. The molecule has 0 atom stereocenters. The fourth-order valence-corrected chi connectivity index (χ4v) is 1.21. The number of hydrogen-bond donors (Lipinski definition) is 1. The Morgan fingerprint density at radius 2 is 2.20 bits per heavy atom. The lowest BCUT2D eigenvalue weighted by Gasteiger charge is -2.05. The Morgan fingerprint density at radius 3 is 2.87 bits per heavy atom. The van der Waals surface area contributed by atoms with Gasteiger partial charge in [-0.15, -0.1) is 0 Å². The first-order chi connectivity index (χ1) is 7.16. The van der Waals surface area contributed by atoms with E-state index in [1.165, 1.54) is 29.2 Å². The number of rotatable bonds is 1. The molecule has 15 heavy (non-hydrogen) atoms. The third-order valence-corrected chi connectivity index (χ3v) is 1.93. The maximum absolute atomic E-state index is 12.9. The number of halogens is 1. The van der Waals surface area contributed by atoms with Gasteiger partial charge < -0.3 is 10.3 Å². The van der Waals surface area contributed by atoms with Gasteiger partial charge >= 0.3 is 0 Å². The SMILES string of the molecule is Nc1cn(-c2cccc(F)c2)cnc1=O. The van der Waals surface area contributed by atoms with Crippen LogP contribution >= 0.6 is 0 Å². The first-order valence-corrected chi connectivity index (χ1v) is 4.26. The van der Waals surface area contributed by atoms with Crippen LogP contribution in [0.5, 0.6) is 0 Å². The summed E-state index contributed by atoms with van der Waals surface area (Å²) >= 11 is 0. The Balaban J connectivity index is 2.55. The second kappa shape index (κ2) is 3.53. The van der Waals surface area contributed by atoms with Crippen LogP contribution in [0.2, 0.25) is 0 Å². The highest BCUT2D eigenvalue weighted by molar-refractivity contribution is 5.37. The van der Waals surface area contributed by atoms with Crippen LogP contribution in [0.1, 0.15) is 0 Å². The Kier molecular flexibility index (Phi) is 2.21. The van der Waals surface area contributed by atoms with Gasteiger partial charge in [0.25, 0.3) is 5.56 Å². The van der Waals surface area contributed by atoms with Gasteiger partial charge in [-0.2, -0.15) is 4.98 Å². The Bertz CT molecular complexity index is 550. The monoisotopic (exact) mass is 205 g/mol. The van der Waals surface area contributed by atoms with Crippen molar-refractivity contribution in [3.05, 3.63) is 53.0 Å². The molecule has 1 heterocycles. The summed E-state index contributed by atoms with van der Waals surface area (Å²) in [7, 11) is 0. The maximum Gasteiger partial charge on any atom is 0.295 e. The van der Waals surface area contributed by atoms with E-state index < -0.39 is 5.56 Å². The summed E-state index contributed by atoms with van der Waals surface area (Å²) < 4.78 is 14.4. The van der Waals surface area contributed by atoms with Gasteiger partial charge in [0.2, 0.25) is 0 Å². The zero-order chi connectivity index (χ0) is 10.8. The van der Waals surface area contributed by atoms with E-state index in [2.05, 4.69) is 4.98 Å². The molecule has 0 fully saturated rings. The highest BCUT2D eigenvalue weighted by Crippen LogP contribution is 2.08. The largest absolute Gasteiger partial charge is 0.393 e. The Hall–Kier alpha value is -2.17. The van der Waals surface area contributed by atoms with Crippen molar-refractivity contribution in [2.24, 2.45) is 0 Å². The minimum absolute atomic E-state index is 0.0294. The predicted octanol–water partition coefficient (Wildman–Crippen LogP) is 0.954. The Morgan fingerprint density at radius 1 is 1.40 bits per heavy atom. The maximum atomic E-state index is 12.9. The van der Waals surface area contributed by atoms with Crippen molar-refractivity contribution < 1.29 is 4.39 Å². The highest BCUT2D eigenvalue weighted by atomic mass is 19.1. The predicted molar refractivity (Wildman–Crippen MR) is 54.2 cm³/mol. The van der Waals surface area contributed by atoms with E-state index in [9.17, 15) is 9.18 Å². The van der Waals surface area contributed by atoms with Crippen molar-refractivity contribution in [1.29, 1.82) is 0 Å². The Labute approximate surface area is 84.8 Å². The normalized spacial score (nSPS) is 10.2. The van der Waals surface area contributed by atoms with E-state index in [-0.39, 0.29) is 11.5 Å². The molecule has 0 aliphatic carbocycles. The van der Waals surface area contributed by atoms with Gasteiger partial charge in [0, 0.05) is 11.9 Å². The second-order valence-electron chi connectivity index (χ2n) is 3.02. The number of nitrogens with zero attached hydrogens (tertiary/aromatic N) is 2. The van der Waals surface area contributed by atoms with Gasteiger partial charge in [-0.3, -0.25) is 4.79 Å². The lowest BCUT2D eigenvalue weighted by atomic mass is 10.3. The van der Waals surface area contributed by atoms with E-state index in [0.717, 1.165) is 0 Å². The quantitative estimate of drug-likeness (QED) is 0.754. The van der Waals surface area contributed by atoms with Gasteiger partial charge in [0.1, 0.15) is 17.8 Å². The molecule has 0 spiro atoms. The molecule has 0 saturated heterocycles. The van der Waals surface area contributed by atoms with Crippen molar-refractivity contribution in [2.75, 3.05) is 5.73 Å². The molecule has 76 valence electrons. The summed E-state index contributed by atoms with van der Waals surface area (Å²) in [4.78, 5) is 14.5. The first-order valence-electron chi connectivity index (χ1n) is 4.26. The number of benzene rings is 1. The van der Waals surface area contributed by atoms with Gasteiger partial charge in [-0.1, -0.05) is 6.07 Å². The summed E-state index contributed by atoms with van der Waals surface area (Å²) in [5, 5.41) is 0. The minimum Gasteiger partial charge on any atom is -0.393 e. The van der Waals surface area contributed by atoms with E-state index in [0.29, 0.717) is 5.69 Å². The average molecular weight is 205 g/mol. The van der Waals surface area contributed by atoms with Crippen LogP contribution in [0.4, 0.5) is 10.1 Å². The molecule has 0 amide bonds. The molecule has 2 N–H and O–H groups in total. The van der Waals surface area contributed by atoms with Crippen LogP contribution < -0.4 is 11.3 Å². The molecule has 1 aromatic heterocycles. The zero-order valence-corrected chi connectivity index (χ0v) is 7.72. The van der Waals surface area contributed by atoms with Crippen molar-refractivity contribution in [3.63, 3.8) is 0 Å². The molecule has 0 aliphatic rings. The van der Waals surface area contributed by atoms with Crippen molar-refractivity contribution in [2.45, 2.75) is 0 Å². The van der Waals surface area contributed by atoms with Crippen molar-refractivity contribution in [3.8, 4) is 5.69 Å². The second-order valence-corrected chi connectivity index (χ2v) is 3.02. The smallest absolute Gasteiger partial charge is 0.295 e. The van der Waals surface area contributed by atoms with Crippen molar-refractivity contribution >= 4 is 5.69 Å². The molecular formula is C10H8FN3O. The number of anilines is 1. The molecule has 4 nitrogen and oxygen atoms in total. The molecule has 2 rings (SSSR count). The van der Waals surface area contributed by atoms with Crippen LogP contribution in [0.15, 0.2) is 41.6 Å². The zero-order valence-electron chi connectivity index (χ0n) is 7.72. The summed E-state index contributed by atoms with van der Waals surface area (Å²) in [5.74, 6) is -0.357. The average Bonchev–Trinajstić information content (AvgIpc) is 2.22. The van der Waals surface area contributed by atoms with E-state index in [1.54, 1.807) is 12.1 Å². The first kappa shape index (κ1) is 9.39. The lowest BCUT2D eigenvalue weighted by Crippen LogP contribution is -2.14. The molecule has 0 radical (unpaired) electrons. The van der Waals surface area contributed by atoms with E-state index in [1.807, 2.05) is 0 Å². The van der Waals surface area contributed by atoms with Crippen LogP contribution in [-0.2, 0) is 0 Å². The molecule has 1 aromatic carbocycles. The molecule has 0 unspecified atom stereocenters. The number of nitrogens with two attached hydrogens (primary N) is 1. The number of aromatic nitrogens is 2. The fourth-order valence-electron chi connectivity index (χ4n) is 1.21. The van der Waals surface area contributed by atoms with Crippen LogP contribution in [0, 0.1) is 5.82 Å². The summed E-state index contributed by atoms with van der Waals surface area (Å²) in [6.07, 6.45) is 2.71. The van der Waals surface area contributed by atoms with Gasteiger partial charge in [0.15, 0.2) is 0 Å². The minimum atomic E-state index is -0.484. The number of nitrogen functional groups attached to an aromatic ring is 1. The van der Waals surface area contributed by atoms with Gasteiger partial charge in [0.05, 0.1) is 0 Å². The molecule has 5 heteroatoms. The molecule has 2 aromatic rings. The summed E-state index contributed by atoms with van der Waals surface area (Å²) in [6, 6.07) is 5.92. The third kappa shape index (κ3) is 1.85. The lowest BCUT2D eigenvalue weighted by molar-refractivity contribution is 0.626. The van der Waals surface area contributed by atoms with E-state index >= 15 is 0 Å². The molecule has 0 bridgehead atoms. The standard InChI is InChI=1S/C10H8FN3O/c11-7-2-1-3-8(4-7)14-5-9(12)10(15)13-6-14/h1-6H,12H2. The van der Waals surface area contributed by atoms with Gasteiger partial charge in [-0.25, -0.2) is 4.39 Å². The third-order valence-electron chi connectivity index (χ3n) is 1.93.